The third-order valence-corrected chi connectivity index (χ3v) is 19.6. The molecule has 0 radical (unpaired) electrons. The second kappa shape index (κ2) is 17.2. The molecule has 3 aliphatic rings. The predicted octanol–water partition coefficient (Wildman–Crippen LogP) is 20.8. The zero-order chi connectivity index (χ0) is 58.8. The van der Waals surface area contributed by atoms with Crippen molar-refractivity contribution in [1.29, 1.82) is 0 Å². The van der Waals surface area contributed by atoms with Crippen molar-refractivity contribution in [3.63, 3.8) is 0 Å². The van der Waals surface area contributed by atoms with Crippen LogP contribution in [0.15, 0.2) is 191 Å². The average molecular weight is 1110 g/mol. The Labute approximate surface area is 499 Å². The number of anilines is 5. The molecule has 5 nitrogen and oxygen atoms in total. The molecular formula is C79H72BN3O2. The Hall–Kier alpha value is -8.74. The van der Waals surface area contributed by atoms with E-state index in [9.17, 15) is 0 Å². The fraction of sp³-hybridized carbons (Fsp3) is 0.241. The maximum atomic E-state index is 7.49. The summed E-state index contributed by atoms with van der Waals surface area (Å²) < 4.78 is 17.0. The van der Waals surface area contributed by atoms with Crippen LogP contribution < -0.4 is 20.6 Å². The minimum atomic E-state index is -0.379. The van der Waals surface area contributed by atoms with Gasteiger partial charge in [-0.2, -0.15) is 0 Å². The number of fused-ring (bicyclic) bond motifs is 19. The quantitative estimate of drug-likeness (QED) is 0.165. The van der Waals surface area contributed by atoms with E-state index in [-0.39, 0.29) is 33.9 Å². The van der Waals surface area contributed by atoms with Crippen molar-refractivity contribution >= 4 is 112 Å². The van der Waals surface area contributed by atoms with E-state index >= 15 is 0 Å². The van der Waals surface area contributed by atoms with Gasteiger partial charge in [-0.3, -0.25) is 0 Å². The van der Waals surface area contributed by atoms with Crippen LogP contribution in [0, 0.1) is 0 Å². The molecule has 10 aromatic carbocycles. The molecule has 0 atom stereocenters. The zero-order valence-electron chi connectivity index (χ0n) is 51.6. The van der Waals surface area contributed by atoms with Crippen molar-refractivity contribution in [2.24, 2.45) is 0 Å². The van der Waals surface area contributed by atoms with Crippen LogP contribution >= 0.6 is 0 Å². The summed E-state index contributed by atoms with van der Waals surface area (Å²) in [6.45, 7) is 32.2. The number of aromatic nitrogens is 1. The van der Waals surface area contributed by atoms with Gasteiger partial charge in [0.15, 0.2) is 0 Å². The lowest BCUT2D eigenvalue weighted by atomic mass is 9.43. The number of rotatable bonds is 4. The van der Waals surface area contributed by atoms with Crippen LogP contribution in [0.25, 0.3) is 93.6 Å². The fourth-order valence-corrected chi connectivity index (χ4v) is 14.9. The highest BCUT2D eigenvalue weighted by molar-refractivity contribution is 6.94. The van der Waals surface area contributed by atoms with E-state index < -0.39 is 0 Å². The molecule has 0 N–H and O–H groups in total. The molecule has 5 heterocycles. The van der Waals surface area contributed by atoms with Crippen molar-refractivity contribution in [3.05, 3.63) is 215 Å². The van der Waals surface area contributed by atoms with E-state index in [0.717, 1.165) is 72.5 Å². The van der Waals surface area contributed by atoms with Gasteiger partial charge in [-0.15, -0.1) is 0 Å². The molecular weight excluding hydrogens is 1030 g/mol. The minimum Gasteiger partial charge on any atom is -0.456 e. The molecule has 2 aliphatic heterocycles. The molecule has 0 amide bonds. The second-order valence-corrected chi connectivity index (χ2v) is 29.4. The Morgan fingerprint density at radius 3 is 1.60 bits per heavy atom. The summed E-state index contributed by atoms with van der Waals surface area (Å²) in [5.41, 5.74) is 27.6. The second-order valence-electron chi connectivity index (χ2n) is 29.4. The topological polar surface area (TPSA) is 37.7 Å². The first-order valence-corrected chi connectivity index (χ1v) is 30.6. The van der Waals surface area contributed by atoms with Crippen LogP contribution in [-0.4, -0.2) is 11.4 Å². The van der Waals surface area contributed by atoms with Crippen LogP contribution in [-0.2, 0) is 27.1 Å². The van der Waals surface area contributed by atoms with Gasteiger partial charge in [0.1, 0.15) is 22.3 Å². The van der Waals surface area contributed by atoms with E-state index in [1.54, 1.807) is 0 Å². The highest BCUT2D eigenvalue weighted by Gasteiger charge is 2.48. The Kier molecular flexibility index (Phi) is 10.5. The maximum Gasteiger partial charge on any atom is 0.333 e. The van der Waals surface area contributed by atoms with Gasteiger partial charge in [0.2, 0.25) is 0 Å². The van der Waals surface area contributed by atoms with Gasteiger partial charge in [-0.25, -0.2) is 0 Å². The normalized spacial score (nSPS) is 14.5. The predicted molar refractivity (Wildman–Crippen MR) is 361 cm³/mol. The largest absolute Gasteiger partial charge is 0.456 e. The number of benzene rings is 10. The Bertz CT molecular complexity index is 4940. The maximum absolute atomic E-state index is 7.49. The van der Waals surface area contributed by atoms with Crippen LogP contribution in [0.3, 0.4) is 0 Å². The first-order valence-electron chi connectivity index (χ1n) is 30.6. The summed E-state index contributed by atoms with van der Waals surface area (Å²) >= 11 is 0. The Morgan fingerprint density at radius 1 is 0.424 bits per heavy atom. The highest BCUT2D eigenvalue weighted by Crippen LogP contribution is 2.58. The summed E-state index contributed by atoms with van der Waals surface area (Å²) in [6.07, 6.45) is 0. The first-order chi connectivity index (χ1) is 40.4. The van der Waals surface area contributed by atoms with Gasteiger partial charge >= 0.3 is 6.85 Å². The van der Waals surface area contributed by atoms with Crippen molar-refractivity contribution in [2.75, 3.05) is 9.71 Å². The lowest BCUT2D eigenvalue weighted by Crippen LogP contribution is -2.60. The number of furan rings is 2. The van der Waals surface area contributed by atoms with E-state index in [0.29, 0.717) is 0 Å². The molecule has 0 unspecified atom stereocenters. The van der Waals surface area contributed by atoms with Gasteiger partial charge in [-0.05, 0) is 174 Å². The Balaban J connectivity index is 1.01. The van der Waals surface area contributed by atoms with Crippen molar-refractivity contribution in [3.8, 4) is 27.9 Å². The van der Waals surface area contributed by atoms with Gasteiger partial charge in [0.05, 0.1) is 11.0 Å². The third kappa shape index (κ3) is 7.42. The van der Waals surface area contributed by atoms with Crippen molar-refractivity contribution in [1.82, 2.24) is 4.57 Å². The van der Waals surface area contributed by atoms with E-state index in [2.05, 4.69) is 293 Å². The average Bonchev–Trinajstić information content (AvgIpc) is 1.57. The molecule has 0 saturated carbocycles. The summed E-state index contributed by atoms with van der Waals surface area (Å²) in [7, 11) is 0. The smallest absolute Gasteiger partial charge is 0.333 e. The van der Waals surface area contributed by atoms with Crippen LogP contribution in [0.4, 0.5) is 28.4 Å². The molecule has 0 saturated heterocycles. The molecule has 13 aromatic rings. The monoisotopic (exact) mass is 1110 g/mol. The lowest BCUT2D eigenvalue weighted by Gasteiger charge is -2.42. The minimum absolute atomic E-state index is 0.0298. The highest BCUT2D eigenvalue weighted by atomic mass is 16.3. The molecule has 418 valence electrons. The molecule has 6 heteroatoms. The van der Waals surface area contributed by atoms with Crippen LogP contribution in [0.2, 0.25) is 0 Å². The van der Waals surface area contributed by atoms with Crippen LogP contribution in [0.1, 0.15) is 130 Å². The molecule has 0 spiro atoms. The number of para-hydroxylation sites is 2. The third-order valence-electron chi connectivity index (χ3n) is 19.6. The van der Waals surface area contributed by atoms with Crippen LogP contribution in [0.5, 0.6) is 0 Å². The molecule has 1 aliphatic carbocycles. The number of nitrogens with zero attached hydrogens (tertiary/aromatic N) is 3. The molecule has 0 bridgehead atoms. The lowest BCUT2D eigenvalue weighted by molar-refractivity contribution is 0.590. The van der Waals surface area contributed by atoms with Gasteiger partial charge < -0.3 is 23.1 Å². The first kappa shape index (κ1) is 51.9. The Morgan fingerprint density at radius 2 is 0.976 bits per heavy atom. The van der Waals surface area contributed by atoms with Gasteiger partial charge in [0.25, 0.3) is 0 Å². The summed E-state index contributed by atoms with van der Waals surface area (Å²) in [6, 6.07) is 69.5. The summed E-state index contributed by atoms with van der Waals surface area (Å²) in [5.74, 6) is 0. The van der Waals surface area contributed by atoms with Crippen molar-refractivity contribution < 1.29 is 8.83 Å². The standard InChI is InChI=1S/C79H72BN3O2/c1-75(2,3)45-23-30-49(31-24-45)81(50-32-25-46(26-33-50)76(4,5)6)52-36-37-53-56-41-59-64(43-61(56)79(13,14)60(53)40-52)83(51-34-27-47(28-35-51)77(7,8)9)80-62-44-68-57(54-19-15-17-21-66(54)84-68)42-65(62)82-63-38-29-48(78(10,11)12)39-58(63)69-70-55-20-16-18-22-67(55)85-74(70)71(59)72(80)73(69)82/h15-44H,1-14H3. The van der Waals surface area contributed by atoms with Gasteiger partial charge in [-0.1, -0.05) is 182 Å². The summed E-state index contributed by atoms with van der Waals surface area (Å²) in [4.78, 5) is 5.13. The van der Waals surface area contributed by atoms with E-state index in [1.807, 2.05) is 0 Å². The fourth-order valence-electron chi connectivity index (χ4n) is 14.9. The van der Waals surface area contributed by atoms with E-state index in [1.165, 1.54) is 93.9 Å². The van der Waals surface area contributed by atoms with Crippen molar-refractivity contribution in [2.45, 2.75) is 124 Å². The molecule has 85 heavy (non-hydrogen) atoms. The SMILES string of the molecule is CC(C)(C)c1ccc(N2B3c4cc5oc6ccccc6c5cc4-n4c5ccc(C(C)(C)C)cc5c5c6c(oc7ccccc76)c(c3c54)-c3cc4c(cc32)C(C)(C)c2cc(N(c3ccc(C(C)(C)C)cc3)c3ccc(C(C)(C)C)cc3)ccc2-4)cc1. The number of hydrogen-bond acceptors (Lipinski definition) is 4. The molecule has 0 fully saturated rings. The number of hydrogen-bond donors (Lipinski definition) is 0. The van der Waals surface area contributed by atoms with Gasteiger partial charge in [0, 0.05) is 83.0 Å². The van der Waals surface area contributed by atoms with E-state index in [4.69, 9.17) is 8.83 Å². The molecule has 16 rings (SSSR count). The summed E-state index contributed by atoms with van der Waals surface area (Å²) in [5, 5.41) is 7.02. The molecule has 3 aromatic heterocycles. The zero-order valence-corrected chi connectivity index (χ0v) is 51.6.